The number of nitrogens with two attached hydrogens (primary N) is 2. The third kappa shape index (κ3) is 9.45. The predicted octanol–water partition coefficient (Wildman–Crippen LogP) is 7.14. The number of fused-ring (bicyclic) bond motifs is 2. The molecule has 6 rings (SSSR count). The normalized spacial score (nSPS) is 11.7. The van der Waals surface area contributed by atoms with Crippen molar-refractivity contribution in [2.24, 2.45) is 20.5 Å². The first-order valence-electron chi connectivity index (χ1n) is 15.0. The number of rotatable bonds is 8. The molecule has 0 amide bonds. The smallest absolute Gasteiger partial charge is 0.505 e. The fourth-order valence-corrected chi connectivity index (χ4v) is 6.27. The van der Waals surface area contributed by atoms with Crippen molar-refractivity contribution >= 4 is 87.3 Å². The van der Waals surface area contributed by atoms with Gasteiger partial charge in [0.25, 0.3) is 31.6 Å². The van der Waals surface area contributed by atoms with Gasteiger partial charge in [-0.2, -0.15) is 16.8 Å². The van der Waals surface area contributed by atoms with Crippen LogP contribution in [0.1, 0.15) is 4.28 Å². The van der Waals surface area contributed by atoms with E-state index >= 15 is 0 Å². The molecular formula is C32H27CrN8O14S2+3. The Labute approximate surface area is 334 Å². The van der Waals surface area contributed by atoms with Crippen LogP contribution >= 0.6 is 0 Å². The predicted molar refractivity (Wildman–Crippen MR) is 201 cm³/mol. The van der Waals surface area contributed by atoms with Crippen molar-refractivity contribution in [2.75, 3.05) is 11.5 Å². The molecule has 6 aromatic carbocycles. The molecule has 22 nitrogen and oxygen atoms in total. The van der Waals surface area contributed by atoms with E-state index in [1.54, 1.807) is 0 Å². The molecule has 0 unspecified atom stereocenters. The molecule has 0 aliphatic carbocycles. The Hall–Kier alpha value is -7.01. The number of benzene rings is 6. The number of non-ortho nitro benzene ring substituents is 2. The summed E-state index contributed by atoms with van der Waals surface area (Å²) in [4.78, 5) is 18.5. The molecule has 0 aromatic heterocycles. The number of nitro benzene ring substituents is 2. The first kappa shape index (κ1) is 42.7. The molecular weight excluding hydrogens is 837 g/mol. The molecule has 0 atom stereocenters. The third-order valence-electron chi connectivity index (χ3n) is 7.56. The molecule has 0 saturated carbocycles. The summed E-state index contributed by atoms with van der Waals surface area (Å²) >= 11 is 0. The van der Waals surface area contributed by atoms with Gasteiger partial charge >= 0.3 is 4.28 Å². The Kier molecular flexibility index (Phi) is 12.3. The van der Waals surface area contributed by atoms with Crippen molar-refractivity contribution in [2.45, 2.75) is 9.79 Å². The summed E-state index contributed by atoms with van der Waals surface area (Å²) in [5.41, 5.74) is 9.54. The van der Waals surface area contributed by atoms with Gasteiger partial charge in [0.2, 0.25) is 0 Å². The number of hydrogen-bond acceptors (Lipinski definition) is 18. The van der Waals surface area contributed by atoms with Crippen molar-refractivity contribution in [1.29, 1.82) is 0 Å². The van der Waals surface area contributed by atoms with Gasteiger partial charge in [-0.1, -0.05) is 0 Å². The SMILES string of the molecule is Nc1ccc2c(O)c(N=Nc3ccc([N+](=O)[O-])cc3O)c(S(=O)(=O)O)cc2c1.Nc1ccc2c(O)c(N=Nc3ccc([N+](=O)[O-])cc3O)c(S(=O)(=O)O)cc2c1.[Cr].[H+].[H+].[H+]. The molecule has 0 spiro atoms. The fraction of sp³-hybridized carbons (Fsp3) is 0. The molecule has 0 heterocycles. The second-order valence-corrected chi connectivity index (χ2v) is 14.1. The third-order valence-corrected chi connectivity index (χ3v) is 9.30. The quantitative estimate of drug-likeness (QED) is 0.0248. The maximum Gasteiger partial charge on any atom is 1.00 e. The topological polar surface area (TPSA) is 377 Å². The molecule has 25 heteroatoms. The Balaban J connectivity index is 0.000000562. The van der Waals surface area contributed by atoms with Crippen molar-refractivity contribution in [1.82, 2.24) is 0 Å². The maximum absolute atomic E-state index is 11.7. The van der Waals surface area contributed by atoms with E-state index in [0.29, 0.717) is 11.4 Å². The van der Waals surface area contributed by atoms with E-state index in [0.717, 1.165) is 48.5 Å². The van der Waals surface area contributed by atoms with Crippen molar-refractivity contribution in [3.05, 3.63) is 105 Å². The molecule has 0 bridgehead atoms. The molecule has 0 radical (unpaired) electrons. The van der Waals surface area contributed by atoms with Gasteiger partial charge in [0.15, 0.2) is 11.5 Å². The zero-order valence-corrected chi connectivity index (χ0v) is 31.0. The van der Waals surface area contributed by atoms with Crippen LogP contribution in [-0.2, 0) is 37.6 Å². The second kappa shape index (κ2) is 16.4. The van der Waals surface area contributed by atoms with Crippen LogP contribution in [0.2, 0.25) is 0 Å². The minimum atomic E-state index is -4.80. The van der Waals surface area contributed by atoms with Gasteiger partial charge in [0.1, 0.15) is 44.0 Å². The number of aromatic hydroxyl groups is 4. The van der Waals surface area contributed by atoms with Crippen molar-refractivity contribution in [3.63, 3.8) is 0 Å². The number of phenols is 4. The summed E-state index contributed by atoms with van der Waals surface area (Å²) in [7, 11) is -9.60. The zero-order valence-electron chi connectivity index (χ0n) is 31.1. The molecule has 0 aliphatic rings. The van der Waals surface area contributed by atoms with Gasteiger partial charge in [0, 0.05) is 51.6 Å². The fourth-order valence-electron chi connectivity index (χ4n) is 4.95. The standard InChI is InChI=1S/2C16H12N4O7S.Cr/c2*17-9-1-3-11-8(5-9)6-14(28(25,26)27)15(16(11)22)19-18-12-4-2-10(20(23)24)7-13(12)21;/h2*1-7,21-22H,17H2,(H,25,26,27);/p+3. The number of hydrogen-bond donors (Lipinski definition) is 8. The number of nitrogen functional groups attached to an aromatic ring is 2. The monoisotopic (exact) mass is 863 g/mol. The Morgan fingerprint density at radius 1 is 0.544 bits per heavy atom. The Morgan fingerprint density at radius 3 is 1.19 bits per heavy atom. The Morgan fingerprint density at radius 2 is 0.895 bits per heavy atom. The van der Waals surface area contributed by atoms with E-state index in [9.17, 15) is 66.6 Å². The van der Waals surface area contributed by atoms with Crippen LogP contribution in [0.4, 0.5) is 45.5 Å². The van der Waals surface area contributed by atoms with Gasteiger partial charge in [-0.05, 0) is 71.4 Å². The van der Waals surface area contributed by atoms with Crippen molar-refractivity contribution < 1.29 is 77.9 Å². The minimum Gasteiger partial charge on any atom is -0.505 e. The number of phenolic OH excluding ortho intramolecular Hbond substituents is 4. The molecule has 6 aromatic rings. The molecule has 294 valence electrons. The zero-order chi connectivity index (χ0) is 41.3. The Bertz CT molecular complexity index is 2730. The summed E-state index contributed by atoms with van der Waals surface area (Å²) in [6.07, 6.45) is 0. The summed E-state index contributed by atoms with van der Waals surface area (Å²) in [6, 6.07) is 16.7. The van der Waals surface area contributed by atoms with Crippen LogP contribution in [0, 0.1) is 20.2 Å². The maximum atomic E-state index is 11.7. The first-order valence-corrected chi connectivity index (χ1v) is 17.9. The largest absolute Gasteiger partial charge is 1.00 e. The second-order valence-electron chi connectivity index (χ2n) is 11.3. The van der Waals surface area contributed by atoms with Crippen LogP contribution in [0.25, 0.3) is 21.5 Å². The van der Waals surface area contributed by atoms with E-state index in [1.807, 2.05) is 0 Å². The number of anilines is 2. The van der Waals surface area contributed by atoms with E-state index in [-0.39, 0.29) is 65.9 Å². The molecule has 0 saturated heterocycles. The first-order chi connectivity index (χ1) is 26.1. The number of nitro groups is 2. The van der Waals surface area contributed by atoms with Gasteiger partial charge in [-0.3, -0.25) is 29.3 Å². The van der Waals surface area contributed by atoms with Crippen LogP contribution in [0.3, 0.4) is 0 Å². The van der Waals surface area contributed by atoms with E-state index in [2.05, 4.69) is 20.5 Å². The van der Waals surface area contributed by atoms with Crippen LogP contribution in [0.5, 0.6) is 23.0 Å². The number of azo groups is 2. The molecule has 0 aliphatic heterocycles. The van der Waals surface area contributed by atoms with Crippen LogP contribution < -0.4 is 11.5 Å². The number of nitrogens with zero attached hydrogens (tertiary/aromatic N) is 6. The summed E-state index contributed by atoms with van der Waals surface area (Å²) < 4.78 is 65.8. The van der Waals surface area contributed by atoms with E-state index < -0.39 is 74.2 Å². The van der Waals surface area contributed by atoms with Crippen LogP contribution in [0.15, 0.2) is 115 Å². The summed E-state index contributed by atoms with van der Waals surface area (Å²) in [5.74, 6) is -2.34. The van der Waals surface area contributed by atoms with Gasteiger partial charge < -0.3 is 31.9 Å². The van der Waals surface area contributed by atoms with Gasteiger partial charge in [-0.15, -0.1) is 20.5 Å². The molecule has 0 fully saturated rings. The van der Waals surface area contributed by atoms with E-state index in [1.165, 1.54) is 36.4 Å². The summed E-state index contributed by atoms with van der Waals surface area (Å²) in [5, 5.41) is 77.3. The van der Waals surface area contributed by atoms with Crippen molar-refractivity contribution in [3.8, 4) is 23.0 Å². The summed E-state index contributed by atoms with van der Waals surface area (Å²) in [6.45, 7) is 0. The minimum absolute atomic E-state index is 0. The van der Waals surface area contributed by atoms with Gasteiger partial charge in [0.05, 0.1) is 22.0 Å². The molecule has 57 heavy (non-hydrogen) atoms. The molecule has 10 N–H and O–H groups in total. The average molecular weight is 864 g/mol. The van der Waals surface area contributed by atoms with Crippen LogP contribution in [-0.4, -0.2) is 56.2 Å². The van der Waals surface area contributed by atoms with E-state index in [4.69, 9.17) is 11.5 Å². The average Bonchev–Trinajstić information content (AvgIpc) is 3.10. The van der Waals surface area contributed by atoms with Gasteiger partial charge in [-0.25, -0.2) is 0 Å².